The van der Waals surface area contributed by atoms with Crippen LogP contribution in [0.3, 0.4) is 0 Å². The van der Waals surface area contributed by atoms with Gasteiger partial charge in [0.25, 0.3) is 0 Å². The molecule has 0 saturated heterocycles. The van der Waals surface area contributed by atoms with Crippen LogP contribution in [0.15, 0.2) is 48.5 Å². The maximum atomic E-state index is 13.2. The fourth-order valence-electron chi connectivity index (χ4n) is 3.76. The number of aromatic nitrogens is 1. The minimum atomic E-state index is -0.794. The van der Waals surface area contributed by atoms with E-state index in [0.29, 0.717) is 11.0 Å². The fraction of sp³-hybridized carbons (Fsp3) is 0.136. The molecule has 0 radical (unpaired) electrons. The lowest BCUT2D eigenvalue weighted by Gasteiger charge is -2.11. The summed E-state index contributed by atoms with van der Waals surface area (Å²) in [6.45, 7) is 0. The maximum Gasteiger partial charge on any atom is 0.341 e. The molecule has 2 aromatic carbocycles. The summed E-state index contributed by atoms with van der Waals surface area (Å²) in [5, 5.41) is 2.89. The van der Waals surface area contributed by atoms with Crippen molar-refractivity contribution >= 4 is 76.8 Å². The van der Waals surface area contributed by atoms with Crippen molar-refractivity contribution in [3.8, 4) is 0 Å². The lowest BCUT2D eigenvalue weighted by atomic mass is 10.0. The molecule has 30 heavy (non-hydrogen) atoms. The van der Waals surface area contributed by atoms with Gasteiger partial charge in [0, 0.05) is 5.39 Å². The van der Waals surface area contributed by atoms with Crippen LogP contribution in [-0.4, -0.2) is 40.1 Å². The van der Waals surface area contributed by atoms with E-state index >= 15 is 0 Å². The van der Waals surface area contributed by atoms with Gasteiger partial charge in [-0.05, 0) is 22.9 Å². The van der Waals surface area contributed by atoms with Crippen LogP contribution in [0.1, 0.15) is 31.2 Å². The molecule has 4 rings (SSSR count). The number of alkyl halides is 2. The number of benzene rings is 2. The Kier molecular flexibility index (Phi) is 5.38. The van der Waals surface area contributed by atoms with Crippen LogP contribution in [0.5, 0.6) is 0 Å². The van der Waals surface area contributed by atoms with E-state index in [4.69, 9.17) is 9.47 Å². The second-order valence-electron chi connectivity index (χ2n) is 6.52. The lowest BCUT2D eigenvalue weighted by Crippen LogP contribution is -2.17. The third-order valence-corrected chi connectivity index (χ3v) is 5.85. The van der Waals surface area contributed by atoms with Gasteiger partial charge in [0.2, 0.25) is 5.78 Å². The van der Waals surface area contributed by atoms with Gasteiger partial charge < -0.3 is 13.9 Å². The van der Waals surface area contributed by atoms with Gasteiger partial charge in [0.15, 0.2) is 0 Å². The Morgan fingerprint density at radius 2 is 1.43 bits per heavy atom. The third kappa shape index (κ3) is 3.02. The van der Waals surface area contributed by atoms with Crippen molar-refractivity contribution in [1.82, 2.24) is 4.40 Å². The summed E-state index contributed by atoms with van der Waals surface area (Å²) in [5.74, 6) is -1.95. The van der Waals surface area contributed by atoms with Gasteiger partial charge in [0.1, 0.15) is 20.6 Å². The molecule has 0 fully saturated rings. The molecule has 0 bridgehead atoms. The zero-order valence-electron chi connectivity index (χ0n) is 15.9. The van der Waals surface area contributed by atoms with Gasteiger partial charge >= 0.3 is 11.9 Å². The molecule has 0 aliphatic heterocycles. The topological polar surface area (TPSA) is 74.1 Å². The van der Waals surface area contributed by atoms with Gasteiger partial charge in [-0.3, -0.25) is 4.79 Å². The van der Waals surface area contributed by atoms with Gasteiger partial charge in [0.05, 0.1) is 25.3 Å². The Hall–Kier alpha value is -2.71. The minimum Gasteiger partial charge on any atom is -0.465 e. The Morgan fingerprint density at radius 3 is 2.10 bits per heavy atom. The zero-order chi connectivity index (χ0) is 21.6. The van der Waals surface area contributed by atoms with E-state index in [1.807, 2.05) is 42.5 Å². The molecule has 0 spiro atoms. The SMILES string of the molecule is COC(=O)c1c(C(=O)OC)c2ccc3c4ccccc4ccc3n2c1C(=O)C(Br)Br. The van der Waals surface area contributed by atoms with Crippen LogP contribution < -0.4 is 0 Å². The molecule has 2 heterocycles. The highest BCUT2D eigenvalue weighted by Gasteiger charge is 2.34. The fourth-order valence-corrected chi connectivity index (χ4v) is 4.20. The summed E-state index contributed by atoms with van der Waals surface area (Å²) in [4.78, 5) is 38.5. The highest BCUT2D eigenvalue weighted by Crippen LogP contribution is 2.34. The van der Waals surface area contributed by atoms with Crippen LogP contribution in [0.4, 0.5) is 0 Å². The first-order chi connectivity index (χ1) is 14.4. The van der Waals surface area contributed by atoms with E-state index in [2.05, 4.69) is 31.9 Å². The molecule has 4 aromatic rings. The number of Topliss-reactive ketones (excluding diaryl/α,β-unsaturated/α-hetero) is 1. The molecule has 6 nitrogen and oxygen atoms in total. The van der Waals surface area contributed by atoms with E-state index in [9.17, 15) is 14.4 Å². The predicted octanol–water partition coefficient (Wildman–Crippen LogP) is 5.12. The van der Waals surface area contributed by atoms with Gasteiger partial charge in [-0.2, -0.15) is 0 Å². The molecule has 0 unspecified atom stereocenters. The number of esters is 2. The summed E-state index contributed by atoms with van der Waals surface area (Å²) in [6.07, 6.45) is 0. The molecule has 2 aromatic heterocycles. The predicted molar refractivity (Wildman–Crippen MR) is 121 cm³/mol. The maximum absolute atomic E-state index is 13.2. The molecule has 0 aliphatic rings. The first-order valence-corrected chi connectivity index (χ1v) is 10.7. The van der Waals surface area contributed by atoms with Crippen LogP contribution in [-0.2, 0) is 9.47 Å². The largest absolute Gasteiger partial charge is 0.465 e. The molecule has 0 amide bonds. The molecule has 0 aliphatic carbocycles. The number of ether oxygens (including phenoxy) is 2. The summed E-state index contributed by atoms with van der Waals surface area (Å²) < 4.78 is 10.7. The van der Waals surface area contributed by atoms with E-state index in [1.165, 1.54) is 14.2 Å². The van der Waals surface area contributed by atoms with Crippen molar-refractivity contribution in [1.29, 1.82) is 0 Å². The first kappa shape index (κ1) is 20.6. The van der Waals surface area contributed by atoms with E-state index in [-0.39, 0.29) is 16.8 Å². The Bertz CT molecular complexity index is 1360. The lowest BCUT2D eigenvalue weighted by molar-refractivity contribution is 0.0556. The van der Waals surface area contributed by atoms with E-state index in [1.54, 1.807) is 10.5 Å². The number of carbonyl (C=O) groups is 3. The average Bonchev–Trinajstić information content (AvgIpc) is 3.12. The molecule has 0 atom stereocenters. The standard InChI is InChI=1S/C22H15Br2NO5/c1-29-21(27)16-15-10-8-13-12-6-4-3-5-11(12)7-9-14(13)25(15)18(19(26)20(23)24)17(16)22(28)30-2/h3-10,20H,1-2H3. The van der Waals surface area contributed by atoms with Crippen molar-refractivity contribution in [2.45, 2.75) is 3.74 Å². The monoisotopic (exact) mass is 531 g/mol. The normalized spacial score (nSPS) is 11.4. The Labute approximate surface area is 188 Å². The van der Waals surface area contributed by atoms with Crippen molar-refractivity contribution in [3.05, 3.63) is 65.4 Å². The Morgan fingerprint density at radius 1 is 0.800 bits per heavy atom. The molecule has 0 N–H and O–H groups in total. The van der Waals surface area contributed by atoms with Gasteiger partial charge in [-0.25, -0.2) is 9.59 Å². The summed E-state index contributed by atoms with van der Waals surface area (Å²) in [5.41, 5.74) is 0.962. The van der Waals surface area contributed by atoms with Crippen LogP contribution in [0.2, 0.25) is 0 Å². The number of ketones is 1. The minimum absolute atomic E-state index is 0.0107. The summed E-state index contributed by atoms with van der Waals surface area (Å²) in [7, 11) is 2.42. The van der Waals surface area contributed by atoms with Crippen molar-refractivity contribution < 1.29 is 23.9 Å². The number of pyridine rings is 1. The second-order valence-corrected chi connectivity index (χ2v) is 9.58. The smallest absolute Gasteiger partial charge is 0.341 e. The highest BCUT2D eigenvalue weighted by molar-refractivity contribution is 9.25. The number of nitrogens with zero attached hydrogens (tertiary/aromatic N) is 1. The second kappa shape index (κ2) is 7.85. The number of hydrogen-bond donors (Lipinski definition) is 0. The number of rotatable bonds is 4. The quantitative estimate of drug-likeness (QED) is 0.158. The number of fused-ring (bicyclic) bond motifs is 5. The molecular formula is C22H15Br2NO5. The molecule has 8 heteroatoms. The van der Waals surface area contributed by atoms with Crippen LogP contribution in [0.25, 0.3) is 27.2 Å². The number of methoxy groups -OCH3 is 2. The zero-order valence-corrected chi connectivity index (χ0v) is 19.1. The number of halogens is 2. The third-order valence-electron chi connectivity index (χ3n) is 5.01. The van der Waals surface area contributed by atoms with Crippen molar-refractivity contribution in [2.24, 2.45) is 0 Å². The first-order valence-electron chi connectivity index (χ1n) is 8.88. The van der Waals surface area contributed by atoms with Crippen molar-refractivity contribution in [3.63, 3.8) is 0 Å². The van der Waals surface area contributed by atoms with Gasteiger partial charge in [-0.15, -0.1) is 0 Å². The molecule has 152 valence electrons. The van der Waals surface area contributed by atoms with Crippen LogP contribution in [0, 0.1) is 0 Å². The number of carbonyl (C=O) groups excluding carboxylic acids is 3. The van der Waals surface area contributed by atoms with E-state index in [0.717, 1.165) is 16.2 Å². The average molecular weight is 533 g/mol. The van der Waals surface area contributed by atoms with Crippen molar-refractivity contribution in [2.75, 3.05) is 14.2 Å². The van der Waals surface area contributed by atoms with E-state index < -0.39 is 21.5 Å². The summed E-state index contributed by atoms with van der Waals surface area (Å²) >= 11 is 6.44. The number of hydrogen-bond acceptors (Lipinski definition) is 5. The van der Waals surface area contributed by atoms with Crippen LogP contribution >= 0.6 is 31.9 Å². The Balaban J connectivity index is 2.28. The molecular weight excluding hydrogens is 518 g/mol. The molecule has 0 saturated carbocycles. The summed E-state index contributed by atoms with van der Waals surface area (Å²) in [6, 6.07) is 15.2. The highest BCUT2D eigenvalue weighted by atomic mass is 79.9. The van der Waals surface area contributed by atoms with Gasteiger partial charge in [-0.1, -0.05) is 68.3 Å².